The van der Waals surface area contributed by atoms with Crippen LogP contribution in [0.15, 0.2) is 6.07 Å². The first kappa shape index (κ1) is 15.2. The Hall–Kier alpha value is -1.20. The highest BCUT2D eigenvalue weighted by molar-refractivity contribution is 5.35. The molecule has 5 nitrogen and oxygen atoms in total. The number of hydrogen-bond donors (Lipinski definition) is 1. The lowest BCUT2D eigenvalue weighted by atomic mass is 10.4. The molecular weight excluding hydrogens is 252 g/mol. The molecule has 1 aromatic rings. The van der Waals surface area contributed by atoms with Gasteiger partial charge in [0.1, 0.15) is 11.6 Å². The van der Waals surface area contributed by atoms with E-state index in [0.29, 0.717) is 0 Å². The van der Waals surface area contributed by atoms with E-state index in [1.165, 1.54) is 12.8 Å². The summed E-state index contributed by atoms with van der Waals surface area (Å²) in [5, 5.41) is 3.24. The van der Waals surface area contributed by atoms with Crippen molar-refractivity contribution in [2.24, 2.45) is 5.92 Å². The Morgan fingerprint density at radius 2 is 2.20 bits per heavy atom. The van der Waals surface area contributed by atoms with Gasteiger partial charge in [0.2, 0.25) is 0 Å². The van der Waals surface area contributed by atoms with Gasteiger partial charge in [0, 0.05) is 31.5 Å². The molecular formula is C15H26N4O. The second kappa shape index (κ2) is 7.55. The van der Waals surface area contributed by atoms with Crippen molar-refractivity contribution in [1.29, 1.82) is 0 Å². The Bertz CT molecular complexity index is 420. The molecule has 2 rings (SSSR count). The third-order valence-corrected chi connectivity index (χ3v) is 3.34. The molecule has 1 aliphatic rings. The molecule has 0 aliphatic heterocycles. The highest BCUT2D eigenvalue weighted by Gasteiger charge is 2.20. The molecule has 1 N–H and O–H groups in total. The zero-order chi connectivity index (χ0) is 14.4. The number of likely N-dealkylation sites (N-methyl/N-ethyl adjacent to an activating group) is 1. The first-order valence-electron chi connectivity index (χ1n) is 7.52. The second-order valence-corrected chi connectivity index (χ2v) is 5.60. The van der Waals surface area contributed by atoms with Crippen LogP contribution in [-0.4, -0.2) is 48.2 Å². The van der Waals surface area contributed by atoms with Crippen molar-refractivity contribution >= 4 is 5.82 Å². The predicted molar refractivity (Wildman–Crippen MR) is 80.8 cm³/mol. The molecule has 1 aromatic heterocycles. The van der Waals surface area contributed by atoms with Crippen molar-refractivity contribution in [3.63, 3.8) is 0 Å². The van der Waals surface area contributed by atoms with Gasteiger partial charge in [-0.2, -0.15) is 0 Å². The summed E-state index contributed by atoms with van der Waals surface area (Å²) in [7, 11) is 2.08. The van der Waals surface area contributed by atoms with Gasteiger partial charge in [-0.15, -0.1) is 0 Å². The Balaban J connectivity index is 1.75. The molecule has 0 amide bonds. The van der Waals surface area contributed by atoms with Crippen LogP contribution < -0.4 is 5.32 Å². The first-order valence-corrected chi connectivity index (χ1v) is 7.52. The summed E-state index contributed by atoms with van der Waals surface area (Å²) in [5.74, 6) is 2.61. The van der Waals surface area contributed by atoms with Gasteiger partial charge in [-0.3, -0.25) is 4.90 Å². The van der Waals surface area contributed by atoms with Crippen LogP contribution in [0.2, 0.25) is 0 Å². The fourth-order valence-electron chi connectivity index (χ4n) is 2.05. The van der Waals surface area contributed by atoms with Crippen LogP contribution in [-0.2, 0) is 11.3 Å². The average Bonchev–Trinajstić information content (AvgIpc) is 3.18. The van der Waals surface area contributed by atoms with Crippen LogP contribution in [0.4, 0.5) is 5.82 Å². The fraction of sp³-hybridized carbons (Fsp3) is 0.733. The molecule has 1 aliphatic carbocycles. The number of ether oxygens (including phenoxy) is 1. The molecule has 0 bridgehead atoms. The molecule has 1 saturated carbocycles. The summed E-state index contributed by atoms with van der Waals surface area (Å²) in [5.41, 5.74) is 1.00. The number of hydrogen-bond acceptors (Lipinski definition) is 5. The number of anilines is 1. The zero-order valence-corrected chi connectivity index (χ0v) is 12.9. The van der Waals surface area contributed by atoms with Crippen LogP contribution in [0.3, 0.4) is 0 Å². The zero-order valence-electron chi connectivity index (χ0n) is 12.9. The third kappa shape index (κ3) is 5.43. The van der Waals surface area contributed by atoms with Crippen LogP contribution >= 0.6 is 0 Å². The van der Waals surface area contributed by atoms with Crippen LogP contribution in [0.1, 0.15) is 31.3 Å². The summed E-state index contributed by atoms with van der Waals surface area (Å²) < 4.78 is 5.66. The number of aromatic nitrogens is 2. The quantitative estimate of drug-likeness (QED) is 0.701. The van der Waals surface area contributed by atoms with Crippen molar-refractivity contribution in [2.45, 2.75) is 33.2 Å². The molecule has 112 valence electrons. The van der Waals surface area contributed by atoms with Crippen molar-refractivity contribution in [3.8, 4) is 0 Å². The summed E-state index contributed by atoms with van der Waals surface area (Å²) >= 11 is 0. The van der Waals surface area contributed by atoms with Crippen LogP contribution in [0.25, 0.3) is 0 Å². The van der Waals surface area contributed by atoms with Crippen LogP contribution in [0, 0.1) is 12.8 Å². The van der Waals surface area contributed by atoms with Gasteiger partial charge in [0.05, 0.1) is 13.2 Å². The molecule has 0 atom stereocenters. The fourth-order valence-corrected chi connectivity index (χ4v) is 2.05. The van der Waals surface area contributed by atoms with Gasteiger partial charge < -0.3 is 10.1 Å². The lowest BCUT2D eigenvalue weighted by Crippen LogP contribution is -2.24. The number of nitrogens with zero attached hydrogens (tertiary/aromatic N) is 3. The molecule has 0 spiro atoms. The third-order valence-electron chi connectivity index (χ3n) is 3.34. The van der Waals surface area contributed by atoms with Gasteiger partial charge in [0.15, 0.2) is 0 Å². The van der Waals surface area contributed by atoms with E-state index < -0.39 is 0 Å². The van der Waals surface area contributed by atoms with Gasteiger partial charge >= 0.3 is 0 Å². The first-order chi connectivity index (χ1) is 9.67. The minimum atomic E-state index is 0.757. The topological polar surface area (TPSA) is 50.3 Å². The Morgan fingerprint density at radius 3 is 2.90 bits per heavy atom. The molecule has 0 aromatic carbocycles. The van der Waals surface area contributed by atoms with E-state index in [-0.39, 0.29) is 0 Å². The van der Waals surface area contributed by atoms with Crippen molar-refractivity contribution in [2.75, 3.05) is 38.7 Å². The monoisotopic (exact) mass is 278 g/mol. The Morgan fingerprint density at radius 1 is 1.40 bits per heavy atom. The summed E-state index contributed by atoms with van der Waals surface area (Å²) in [6.45, 7) is 8.34. The highest BCUT2D eigenvalue weighted by Crippen LogP contribution is 2.28. The lowest BCUT2D eigenvalue weighted by Gasteiger charge is -2.16. The molecule has 0 unspecified atom stereocenters. The Kier molecular flexibility index (Phi) is 5.73. The van der Waals surface area contributed by atoms with E-state index in [0.717, 1.165) is 56.1 Å². The minimum Gasteiger partial charge on any atom is -0.380 e. The second-order valence-electron chi connectivity index (χ2n) is 5.60. The average molecular weight is 278 g/mol. The summed E-state index contributed by atoms with van der Waals surface area (Å²) in [4.78, 5) is 11.2. The van der Waals surface area contributed by atoms with E-state index >= 15 is 0 Å². The van der Waals surface area contributed by atoms with Gasteiger partial charge in [-0.05, 0) is 39.7 Å². The van der Waals surface area contributed by atoms with Crippen LogP contribution in [0.5, 0.6) is 0 Å². The molecule has 0 saturated heterocycles. The lowest BCUT2D eigenvalue weighted by molar-refractivity contribution is 0.101. The maximum Gasteiger partial charge on any atom is 0.144 e. The van der Waals surface area contributed by atoms with Gasteiger partial charge in [-0.25, -0.2) is 9.97 Å². The SMILES string of the molecule is CCNc1cc(C)nc(CN(C)CCOCC2CC2)n1. The molecule has 5 heteroatoms. The molecule has 20 heavy (non-hydrogen) atoms. The standard InChI is InChI=1S/C15H26N4O/c1-4-16-14-9-12(2)17-15(18-14)10-19(3)7-8-20-11-13-5-6-13/h9,13H,4-8,10-11H2,1-3H3,(H,16,17,18). The Labute approximate surface area is 121 Å². The predicted octanol–water partition coefficient (Wildman–Crippen LogP) is 2.08. The molecule has 0 radical (unpaired) electrons. The van der Waals surface area contributed by atoms with Crippen molar-refractivity contribution in [1.82, 2.24) is 14.9 Å². The van der Waals surface area contributed by atoms with E-state index in [1.807, 2.05) is 13.0 Å². The highest BCUT2D eigenvalue weighted by atomic mass is 16.5. The summed E-state index contributed by atoms with van der Waals surface area (Å²) in [6, 6.07) is 1.98. The smallest absolute Gasteiger partial charge is 0.144 e. The number of aryl methyl sites for hydroxylation is 1. The largest absolute Gasteiger partial charge is 0.380 e. The van der Waals surface area contributed by atoms with E-state index in [2.05, 4.69) is 34.2 Å². The van der Waals surface area contributed by atoms with E-state index in [9.17, 15) is 0 Å². The minimum absolute atomic E-state index is 0.757. The number of nitrogens with one attached hydrogen (secondary N) is 1. The van der Waals surface area contributed by atoms with Crippen molar-refractivity contribution < 1.29 is 4.74 Å². The number of rotatable bonds is 9. The maximum atomic E-state index is 5.66. The van der Waals surface area contributed by atoms with Crippen molar-refractivity contribution in [3.05, 3.63) is 17.6 Å². The maximum absolute atomic E-state index is 5.66. The molecule has 1 fully saturated rings. The van der Waals surface area contributed by atoms with Gasteiger partial charge in [0.25, 0.3) is 0 Å². The van der Waals surface area contributed by atoms with E-state index in [1.54, 1.807) is 0 Å². The normalized spacial score (nSPS) is 14.8. The van der Waals surface area contributed by atoms with E-state index in [4.69, 9.17) is 4.74 Å². The van der Waals surface area contributed by atoms with Gasteiger partial charge in [-0.1, -0.05) is 0 Å². The molecule has 1 heterocycles. The summed E-state index contributed by atoms with van der Waals surface area (Å²) in [6.07, 6.45) is 2.69.